The minimum Gasteiger partial charge on any atom is -0.312 e. The van der Waals surface area contributed by atoms with Gasteiger partial charge < -0.3 is 4.90 Å². The highest BCUT2D eigenvalue weighted by Crippen LogP contribution is 2.26. The normalized spacial score (nSPS) is 14.7. The van der Waals surface area contributed by atoms with E-state index in [9.17, 15) is 13.2 Å². The Morgan fingerprint density at radius 1 is 1.04 bits per heavy atom. The molecule has 132 valence electrons. The summed E-state index contributed by atoms with van der Waals surface area (Å²) in [7, 11) is -3.20. The van der Waals surface area contributed by atoms with E-state index >= 15 is 0 Å². The number of hydrogen-bond acceptors (Lipinski definition) is 3. The monoisotopic (exact) mass is 357 g/mol. The number of amides is 1. The maximum atomic E-state index is 12.8. The second-order valence-corrected chi connectivity index (χ2v) is 8.63. The molecule has 4 nitrogen and oxygen atoms in total. The van der Waals surface area contributed by atoms with Crippen LogP contribution in [0.15, 0.2) is 53.4 Å². The molecule has 0 N–H and O–H groups in total. The molecular formula is C20H23NO3S. The lowest BCUT2D eigenvalue weighted by atomic mass is 10.1. The van der Waals surface area contributed by atoms with Crippen molar-refractivity contribution < 1.29 is 13.2 Å². The molecule has 0 saturated carbocycles. The molecule has 2 aromatic rings. The van der Waals surface area contributed by atoms with Crippen LogP contribution >= 0.6 is 0 Å². The molecule has 0 radical (unpaired) electrons. The zero-order valence-corrected chi connectivity index (χ0v) is 15.3. The minimum atomic E-state index is -3.20. The Labute approximate surface area is 149 Å². The Bertz CT molecular complexity index is 857. The van der Waals surface area contributed by atoms with Gasteiger partial charge in [0.2, 0.25) is 5.91 Å². The molecule has 3 rings (SSSR count). The van der Waals surface area contributed by atoms with E-state index in [0.717, 1.165) is 37.1 Å². The average molecular weight is 357 g/mol. The Morgan fingerprint density at radius 3 is 2.48 bits per heavy atom. The number of anilines is 1. The first kappa shape index (κ1) is 17.7. The van der Waals surface area contributed by atoms with Gasteiger partial charge in [0.15, 0.2) is 9.84 Å². The van der Waals surface area contributed by atoms with Gasteiger partial charge in [-0.15, -0.1) is 0 Å². The van der Waals surface area contributed by atoms with Crippen LogP contribution in [0.1, 0.15) is 30.9 Å². The fraction of sp³-hybridized carbons (Fsp3) is 0.350. The minimum absolute atomic E-state index is 0.0560. The number of fused-ring (bicyclic) bond motifs is 1. The molecule has 0 saturated heterocycles. The van der Waals surface area contributed by atoms with Crippen molar-refractivity contribution in [1.29, 1.82) is 0 Å². The fourth-order valence-corrected chi connectivity index (χ4v) is 4.09. The average Bonchev–Trinajstić information content (AvgIpc) is 2.84. The van der Waals surface area contributed by atoms with E-state index in [1.54, 1.807) is 31.2 Å². The van der Waals surface area contributed by atoms with Gasteiger partial charge in [-0.25, -0.2) is 8.42 Å². The maximum Gasteiger partial charge on any atom is 0.231 e. The number of nitrogens with zero attached hydrogens (tertiary/aromatic N) is 1. The predicted octanol–water partition coefficient (Wildman–Crippen LogP) is 3.39. The number of benzene rings is 2. The maximum absolute atomic E-state index is 12.8. The number of para-hydroxylation sites is 1. The summed E-state index contributed by atoms with van der Waals surface area (Å²) in [5, 5.41) is 0. The summed E-state index contributed by atoms with van der Waals surface area (Å²) in [5.41, 5.74) is 3.06. The predicted molar refractivity (Wildman–Crippen MR) is 99.6 cm³/mol. The Hall–Kier alpha value is -2.14. The van der Waals surface area contributed by atoms with Crippen LogP contribution in [0.25, 0.3) is 0 Å². The molecule has 0 aliphatic carbocycles. The number of rotatable bonds is 4. The van der Waals surface area contributed by atoms with Crippen LogP contribution in [-0.4, -0.2) is 26.6 Å². The topological polar surface area (TPSA) is 54.5 Å². The van der Waals surface area contributed by atoms with Crippen LogP contribution in [-0.2, 0) is 27.5 Å². The first-order valence-electron chi connectivity index (χ1n) is 8.71. The molecule has 0 atom stereocenters. The highest BCUT2D eigenvalue weighted by Gasteiger charge is 2.21. The third-order valence-corrected chi connectivity index (χ3v) is 6.43. The van der Waals surface area contributed by atoms with E-state index < -0.39 is 9.84 Å². The highest BCUT2D eigenvalue weighted by atomic mass is 32.2. The molecule has 25 heavy (non-hydrogen) atoms. The molecule has 0 fully saturated rings. The molecule has 2 aromatic carbocycles. The number of sulfone groups is 1. The van der Waals surface area contributed by atoms with Crippen LogP contribution in [0, 0.1) is 0 Å². The van der Waals surface area contributed by atoms with Crippen molar-refractivity contribution in [2.75, 3.05) is 17.2 Å². The third-order valence-electron chi connectivity index (χ3n) is 4.68. The van der Waals surface area contributed by atoms with E-state index in [4.69, 9.17) is 0 Å². The molecule has 5 heteroatoms. The van der Waals surface area contributed by atoms with Crippen LogP contribution in [0.5, 0.6) is 0 Å². The summed E-state index contributed by atoms with van der Waals surface area (Å²) in [5.74, 6) is 0.135. The molecule has 1 heterocycles. The van der Waals surface area contributed by atoms with Gasteiger partial charge in [0.1, 0.15) is 0 Å². The summed E-state index contributed by atoms with van der Waals surface area (Å²) in [6, 6.07) is 14.7. The first-order chi connectivity index (χ1) is 12.0. The number of hydrogen-bond donors (Lipinski definition) is 0. The van der Waals surface area contributed by atoms with Gasteiger partial charge in [0.25, 0.3) is 0 Å². The van der Waals surface area contributed by atoms with Gasteiger partial charge in [0, 0.05) is 12.2 Å². The number of carbonyl (C=O) groups is 1. The lowest BCUT2D eigenvalue weighted by molar-refractivity contribution is -0.118. The quantitative estimate of drug-likeness (QED) is 0.843. The molecule has 0 bridgehead atoms. The van der Waals surface area contributed by atoms with Crippen molar-refractivity contribution in [3.8, 4) is 0 Å². The molecule has 0 spiro atoms. The van der Waals surface area contributed by atoms with E-state index in [0.29, 0.717) is 4.90 Å². The third kappa shape index (κ3) is 3.93. The summed E-state index contributed by atoms with van der Waals surface area (Å²) in [4.78, 5) is 15.0. The van der Waals surface area contributed by atoms with Crippen LogP contribution in [0.3, 0.4) is 0 Å². The number of carbonyl (C=O) groups excluding carboxylic acids is 1. The van der Waals surface area contributed by atoms with Crippen molar-refractivity contribution in [3.05, 3.63) is 59.7 Å². The molecule has 1 aliphatic rings. The van der Waals surface area contributed by atoms with Gasteiger partial charge in [0.05, 0.1) is 17.1 Å². The largest absolute Gasteiger partial charge is 0.312 e. The first-order valence-corrected chi connectivity index (χ1v) is 10.4. The smallest absolute Gasteiger partial charge is 0.231 e. The van der Waals surface area contributed by atoms with Crippen LogP contribution < -0.4 is 4.90 Å². The Balaban J connectivity index is 1.79. The Morgan fingerprint density at radius 2 is 1.76 bits per heavy atom. The van der Waals surface area contributed by atoms with E-state index in [1.165, 1.54) is 5.56 Å². The van der Waals surface area contributed by atoms with E-state index in [-0.39, 0.29) is 18.1 Å². The van der Waals surface area contributed by atoms with Gasteiger partial charge >= 0.3 is 0 Å². The Kier molecular flexibility index (Phi) is 5.23. The van der Waals surface area contributed by atoms with Crippen molar-refractivity contribution in [3.63, 3.8) is 0 Å². The summed E-state index contributed by atoms with van der Waals surface area (Å²) in [6.45, 7) is 2.36. The van der Waals surface area contributed by atoms with E-state index in [2.05, 4.69) is 6.07 Å². The molecule has 0 aromatic heterocycles. The van der Waals surface area contributed by atoms with Crippen molar-refractivity contribution >= 4 is 21.4 Å². The van der Waals surface area contributed by atoms with Crippen LogP contribution in [0.2, 0.25) is 0 Å². The SMILES string of the molecule is CCS(=O)(=O)c1ccc(CC(=O)N2CCCCc3ccccc32)cc1. The van der Waals surface area contributed by atoms with Gasteiger partial charge in [-0.3, -0.25) is 4.79 Å². The van der Waals surface area contributed by atoms with Crippen LogP contribution in [0.4, 0.5) is 5.69 Å². The van der Waals surface area contributed by atoms with Crippen molar-refractivity contribution in [2.45, 2.75) is 37.5 Å². The van der Waals surface area contributed by atoms with E-state index in [1.807, 2.05) is 23.1 Å². The second kappa shape index (κ2) is 7.40. The van der Waals surface area contributed by atoms with Gasteiger partial charge in [-0.1, -0.05) is 37.3 Å². The van der Waals surface area contributed by atoms with Gasteiger partial charge in [-0.2, -0.15) is 0 Å². The van der Waals surface area contributed by atoms with Crippen molar-refractivity contribution in [2.24, 2.45) is 0 Å². The second-order valence-electron chi connectivity index (χ2n) is 6.36. The zero-order chi connectivity index (χ0) is 17.9. The zero-order valence-electron chi connectivity index (χ0n) is 14.4. The highest BCUT2D eigenvalue weighted by molar-refractivity contribution is 7.91. The molecule has 0 unspecified atom stereocenters. The summed E-state index contributed by atoms with van der Waals surface area (Å²) < 4.78 is 23.8. The summed E-state index contributed by atoms with van der Waals surface area (Å²) in [6.07, 6.45) is 3.36. The molecule has 1 amide bonds. The summed E-state index contributed by atoms with van der Waals surface area (Å²) >= 11 is 0. The lowest BCUT2D eigenvalue weighted by Crippen LogP contribution is -2.33. The lowest BCUT2D eigenvalue weighted by Gasteiger charge is -2.23. The number of aryl methyl sites for hydroxylation is 1. The molecule has 1 aliphatic heterocycles. The van der Waals surface area contributed by atoms with Crippen molar-refractivity contribution in [1.82, 2.24) is 0 Å². The molecular weight excluding hydrogens is 334 g/mol. The fourth-order valence-electron chi connectivity index (χ4n) is 3.20. The van der Waals surface area contributed by atoms with Gasteiger partial charge in [-0.05, 0) is 48.6 Å². The standard InChI is InChI=1S/C20H23NO3S/c1-2-25(23,24)18-12-10-16(11-13-18)15-20(22)21-14-6-5-8-17-7-3-4-9-19(17)21/h3-4,7,9-13H,2,5-6,8,14-15H2,1H3.